The van der Waals surface area contributed by atoms with Gasteiger partial charge in [-0.3, -0.25) is 19.1 Å². The van der Waals surface area contributed by atoms with Gasteiger partial charge in [-0.05, 0) is 67.7 Å². The van der Waals surface area contributed by atoms with Crippen molar-refractivity contribution in [2.24, 2.45) is 28.6 Å². The molecule has 2 aromatic heterocycles. The molecule has 46 heavy (non-hydrogen) atoms. The number of fused-ring (bicyclic) bond motifs is 6. The lowest BCUT2D eigenvalue weighted by atomic mass is 9.44. The average molecular weight is 720 g/mol. The second-order valence-corrected chi connectivity index (χ2v) is 15.4. The number of Topliss-reactive ketones (excluding diaryl/α,β-unsaturated/α-hetero) is 1. The van der Waals surface area contributed by atoms with E-state index in [-0.39, 0.29) is 37.0 Å². The Labute approximate surface area is 283 Å². The molecule has 2 heterocycles. The molecule has 0 aliphatic heterocycles. The summed E-state index contributed by atoms with van der Waals surface area (Å²) >= 11 is 11.3. The second kappa shape index (κ2) is 11.9. The van der Waals surface area contributed by atoms with Crippen molar-refractivity contribution in [2.75, 3.05) is 6.61 Å². The minimum atomic E-state index is -1.55. The van der Waals surface area contributed by atoms with Gasteiger partial charge in [-0.2, -0.15) is 5.10 Å². The highest BCUT2D eigenvalue weighted by atomic mass is 79.9. The van der Waals surface area contributed by atoms with Crippen molar-refractivity contribution in [3.63, 3.8) is 0 Å². The van der Waals surface area contributed by atoms with E-state index in [9.17, 15) is 19.5 Å². The molecule has 8 atom stereocenters. The van der Waals surface area contributed by atoms with Gasteiger partial charge in [0, 0.05) is 35.8 Å². The van der Waals surface area contributed by atoms with Gasteiger partial charge in [0.1, 0.15) is 11.5 Å². The van der Waals surface area contributed by atoms with E-state index in [4.69, 9.17) is 30.6 Å². The molecular formula is C35H44BrClN2O7. The van der Waals surface area contributed by atoms with Gasteiger partial charge in [-0.25, -0.2) is 0 Å². The predicted molar refractivity (Wildman–Crippen MR) is 175 cm³/mol. The molecule has 9 nitrogen and oxygen atoms in total. The van der Waals surface area contributed by atoms with Crippen LogP contribution in [0.25, 0.3) is 6.08 Å². The first kappa shape index (κ1) is 33.5. The van der Waals surface area contributed by atoms with Crippen molar-refractivity contribution in [1.29, 1.82) is 0 Å². The van der Waals surface area contributed by atoms with Crippen molar-refractivity contribution < 1.29 is 33.4 Å². The first-order valence-corrected chi connectivity index (χ1v) is 18.0. The van der Waals surface area contributed by atoms with Gasteiger partial charge >= 0.3 is 11.9 Å². The average Bonchev–Trinajstić information content (AvgIpc) is 3.70. The SMILES string of the molecule is CCC(=O)OCC(=O)[C@@]1(OC(=O)CC)[C@@H](C)C[C@H]2[C@@H]3CCC4=Cc5nn(Cc6ccc(CBr)o6)cc5C[C@]4(C)[C@@]3(Cl)[C@@H](O)C[C@@]21C. The number of ether oxygens (including phenoxy) is 2. The van der Waals surface area contributed by atoms with E-state index in [1.807, 2.05) is 30.7 Å². The Bertz CT molecular complexity index is 1580. The standard InChI is InChI=1S/C35H44BrClN2O7/c1-6-30(42)44-19-29(41)35(46-31(43)7-2)20(3)12-26-25-11-8-22-13-27-21(17-39(38-27)18-24-10-9-23(16-36)45-24)14-32(22,4)34(25,37)28(40)15-33(26,35)5/h9-10,13,17,20,25-26,28,40H,6-8,11-12,14-16,18-19H2,1-5H3/t20-,25-,26-,28-,32-,33-,34-,35-/m0/s1. The van der Waals surface area contributed by atoms with Crippen LogP contribution in [0.1, 0.15) is 95.9 Å². The van der Waals surface area contributed by atoms with Crippen molar-refractivity contribution >= 4 is 51.3 Å². The third kappa shape index (κ3) is 4.79. The molecule has 0 amide bonds. The Balaban J connectivity index is 1.34. The Morgan fingerprint density at radius 3 is 2.54 bits per heavy atom. The van der Waals surface area contributed by atoms with Gasteiger partial charge < -0.3 is 19.0 Å². The number of aromatic nitrogens is 2. The molecule has 3 fully saturated rings. The van der Waals surface area contributed by atoms with Gasteiger partial charge in [0.2, 0.25) is 5.78 Å². The molecule has 0 radical (unpaired) electrons. The predicted octanol–water partition coefficient (Wildman–Crippen LogP) is 6.39. The van der Waals surface area contributed by atoms with Crippen LogP contribution >= 0.6 is 27.5 Å². The summed E-state index contributed by atoms with van der Waals surface area (Å²) in [6.07, 6.45) is 6.35. The van der Waals surface area contributed by atoms with Crippen LogP contribution in [0.2, 0.25) is 0 Å². The largest absolute Gasteiger partial charge is 0.463 e. The van der Waals surface area contributed by atoms with Crippen LogP contribution in [0.5, 0.6) is 0 Å². The fraction of sp³-hybridized carbons (Fsp3) is 0.657. The maximum Gasteiger partial charge on any atom is 0.306 e. The van der Waals surface area contributed by atoms with E-state index < -0.39 is 51.7 Å². The lowest BCUT2D eigenvalue weighted by Gasteiger charge is -2.64. The Morgan fingerprint density at radius 1 is 1.15 bits per heavy atom. The van der Waals surface area contributed by atoms with Gasteiger partial charge in [0.05, 0.1) is 28.5 Å². The molecule has 0 bridgehead atoms. The molecule has 4 aliphatic rings. The van der Waals surface area contributed by atoms with Crippen LogP contribution in [0.3, 0.4) is 0 Å². The Morgan fingerprint density at radius 2 is 1.87 bits per heavy atom. The number of aliphatic hydroxyl groups excluding tert-OH is 1. The summed E-state index contributed by atoms with van der Waals surface area (Å²) in [6.45, 7) is 9.46. The highest BCUT2D eigenvalue weighted by Crippen LogP contribution is 2.72. The molecule has 3 saturated carbocycles. The minimum absolute atomic E-state index is 0.0997. The number of carbonyl (C=O) groups excluding carboxylic acids is 3. The molecule has 6 rings (SSSR count). The molecule has 250 valence electrons. The summed E-state index contributed by atoms with van der Waals surface area (Å²) in [7, 11) is 0. The number of carbonyl (C=O) groups is 3. The number of esters is 2. The number of alkyl halides is 2. The number of nitrogens with zero attached hydrogens (tertiary/aromatic N) is 2. The fourth-order valence-corrected chi connectivity index (χ4v) is 10.6. The number of hydrogen-bond acceptors (Lipinski definition) is 8. The number of allylic oxidation sites excluding steroid dienone is 1. The van der Waals surface area contributed by atoms with E-state index in [0.29, 0.717) is 24.7 Å². The summed E-state index contributed by atoms with van der Waals surface area (Å²) in [6, 6.07) is 3.91. The Hall–Kier alpha value is -2.43. The maximum absolute atomic E-state index is 14.1. The molecule has 4 aliphatic carbocycles. The fourth-order valence-electron chi connectivity index (χ4n) is 9.72. The quantitative estimate of drug-likeness (QED) is 0.234. The monoisotopic (exact) mass is 718 g/mol. The van der Waals surface area contributed by atoms with Gasteiger partial charge in [-0.15, -0.1) is 11.6 Å². The molecular weight excluding hydrogens is 676 g/mol. The molecule has 0 spiro atoms. The summed E-state index contributed by atoms with van der Waals surface area (Å²) in [4.78, 5) is 38.1. The zero-order chi connectivity index (χ0) is 33.2. The molecule has 11 heteroatoms. The van der Waals surface area contributed by atoms with Crippen molar-refractivity contribution in [2.45, 2.75) is 108 Å². The number of hydrogen-bond donors (Lipinski definition) is 1. The van der Waals surface area contributed by atoms with Gasteiger partial charge in [0.25, 0.3) is 0 Å². The van der Waals surface area contributed by atoms with E-state index in [1.54, 1.807) is 13.8 Å². The van der Waals surface area contributed by atoms with Crippen LogP contribution < -0.4 is 0 Å². The number of aliphatic hydroxyl groups is 1. The maximum atomic E-state index is 14.1. The van der Waals surface area contributed by atoms with E-state index in [1.165, 1.54) is 5.57 Å². The van der Waals surface area contributed by atoms with Crippen molar-refractivity contribution in [3.8, 4) is 0 Å². The topological polar surface area (TPSA) is 121 Å². The number of furan rings is 1. The zero-order valence-corrected chi connectivity index (χ0v) is 29.6. The summed E-state index contributed by atoms with van der Waals surface area (Å²) in [5.41, 5.74) is 0.142. The lowest BCUT2D eigenvalue weighted by molar-refractivity contribution is -0.204. The van der Waals surface area contributed by atoms with E-state index >= 15 is 0 Å². The van der Waals surface area contributed by atoms with Crippen LogP contribution in [-0.2, 0) is 42.2 Å². The van der Waals surface area contributed by atoms with Crippen LogP contribution in [0, 0.1) is 28.6 Å². The second-order valence-electron chi connectivity index (χ2n) is 14.2. The van der Waals surface area contributed by atoms with Crippen LogP contribution in [-0.4, -0.2) is 55.8 Å². The van der Waals surface area contributed by atoms with E-state index in [0.717, 1.165) is 35.6 Å². The van der Waals surface area contributed by atoms with Crippen LogP contribution in [0.15, 0.2) is 28.3 Å². The van der Waals surface area contributed by atoms with Gasteiger partial charge in [-0.1, -0.05) is 56.1 Å². The molecule has 1 N–H and O–H groups in total. The van der Waals surface area contributed by atoms with Crippen molar-refractivity contribution in [1.82, 2.24) is 9.78 Å². The molecule has 0 aromatic carbocycles. The first-order valence-electron chi connectivity index (χ1n) is 16.5. The summed E-state index contributed by atoms with van der Waals surface area (Å²) in [5, 5.41) is 17.8. The normalized spacial score (nSPS) is 36.1. The number of ketones is 1. The minimum Gasteiger partial charge on any atom is -0.463 e. The van der Waals surface area contributed by atoms with E-state index in [2.05, 4.69) is 35.1 Å². The van der Waals surface area contributed by atoms with Gasteiger partial charge in [0.15, 0.2) is 12.2 Å². The van der Waals surface area contributed by atoms with Crippen LogP contribution in [0.4, 0.5) is 0 Å². The lowest BCUT2D eigenvalue weighted by Crippen LogP contribution is -2.70. The summed E-state index contributed by atoms with van der Waals surface area (Å²) in [5.74, 6) is -0.343. The number of halogens is 2. The third-order valence-corrected chi connectivity index (χ3v) is 13.4. The molecule has 2 aromatic rings. The Kier molecular flexibility index (Phi) is 8.67. The molecule has 0 saturated heterocycles. The first-order chi connectivity index (χ1) is 21.8. The highest BCUT2D eigenvalue weighted by molar-refractivity contribution is 9.08. The zero-order valence-electron chi connectivity index (χ0n) is 27.2. The smallest absolute Gasteiger partial charge is 0.306 e. The highest BCUT2D eigenvalue weighted by Gasteiger charge is 2.76. The number of rotatable bonds is 9. The summed E-state index contributed by atoms with van der Waals surface area (Å²) < 4.78 is 19.3. The third-order valence-electron chi connectivity index (χ3n) is 11.9. The molecule has 0 unspecified atom stereocenters. The van der Waals surface area contributed by atoms with Crippen molar-refractivity contribution in [3.05, 3.63) is 46.7 Å².